The van der Waals surface area contributed by atoms with E-state index in [0.717, 1.165) is 20.9 Å². The van der Waals surface area contributed by atoms with Crippen LogP contribution in [0, 0.1) is 0 Å². The monoisotopic (exact) mass is 359 g/mol. The van der Waals surface area contributed by atoms with Crippen LogP contribution in [0.15, 0.2) is 34.8 Å². The van der Waals surface area contributed by atoms with Crippen LogP contribution in [0.1, 0.15) is 20.8 Å². The molecule has 0 aliphatic heterocycles. The minimum absolute atomic E-state index is 0.278. The van der Waals surface area contributed by atoms with Crippen molar-refractivity contribution in [3.63, 3.8) is 0 Å². The Morgan fingerprint density at radius 1 is 1.32 bits per heavy atom. The molecule has 0 radical (unpaired) electrons. The van der Waals surface area contributed by atoms with Gasteiger partial charge in [0.2, 0.25) is 0 Å². The zero-order valence-corrected chi connectivity index (χ0v) is 13.0. The summed E-state index contributed by atoms with van der Waals surface area (Å²) in [4.78, 5) is 12.0. The molecule has 1 aromatic carbocycles. The first-order valence-electron chi connectivity index (χ1n) is 5.53. The first-order chi connectivity index (χ1) is 9.06. The van der Waals surface area contributed by atoms with Crippen molar-refractivity contribution in [2.75, 3.05) is 0 Å². The van der Waals surface area contributed by atoms with Crippen molar-refractivity contribution in [2.24, 2.45) is 0 Å². The molecular formula is C13H11BrClNO2S. The number of halogens is 2. The largest absolute Gasteiger partial charge is 0.478 e. The summed E-state index contributed by atoms with van der Waals surface area (Å²) in [6.07, 6.45) is 0. The fraction of sp³-hybridized carbons (Fsp3) is 0.154. The van der Waals surface area contributed by atoms with Crippen molar-refractivity contribution in [3.05, 3.63) is 55.1 Å². The van der Waals surface area contributed by atoms with E-state index in [1.807, 2.05) is 18.2 Å². The lowest BCUT2D eigenvalue weighted by atomic mass is 10.1. The summed E-state index contributed by atoms with van der Waals surface area (Å²) in [5.41, 5.74) is 1.30. The van der Waals surface area contributed by atoms with Crippen molar-refractivity contribution in [3.8, 4) is 0 Å². The lowest BCUT2D eigenvalue weighted by molar-refractivity contribution is 0.0697. The lowest BCUT2D eigenvalue weighted by Gasteiger charge is -2.07. The molecule has 1 heterocycles. The van der Waals surface area contributed by atoms with Crippen molar-refractivity contribution in [1.29, 1.82) is 0 Å². The highest BCUT2D eigenvalue weighted by molar-refractivity contribution is 9.10. The molecule has 0 atom stereocenters. The maximum atomic E-state index is 10.8. The van der Waals surface area contributed by atoms with E-state index >= 15 is 0 Å². The van der Waals surface area contributed by atoms with Crippen LogP contribution in [0.3, 0.4) is 0 Å². The number of hydrogen-bond donors (Lipinski definition) is 2. The minimum atomic E-state index is -0.923. The molecule has 19 heavy (non-hydrogen) atoms. The van der Waals surface area contributed by atoms with Gasteiger partial charge >= 0.3 is 5.97 Å². The van der Waals surface area contributed by atoms with E-state index in [-0.39, 0.29) is 5.56 Å². The van der Waals surface area contributed by atoms with Crippen LogP contribution in [0.4, 0.5) is 0 Å². The summed E-state index contributed by atoms with van der Waals surface area (Å²) in [5.74, 6) is -0.923. The molecule has 2 aromatic rings. The van der Waals surface area contributed by atoms with Crippen LogP contribution in [-0.2, 0) is 13.1 Å². The fourth-order valence-corrected chi connectivity index (χ4v) is 3.17. The van der Waals surface area contributed by atoms with Crippen molar-refractivity contribution < 1.29 is 9.90 Å². The Hall–Kier alpha value is -0.880. The predicted molar refractivity (Wildman–Crippen MR) is 81.0 cm³/mol. The van der Waals surface area contributed by atoms with Gasteiger partial charge in [-0.25, -0.2) is 4.79 Å². The summed E-state index contributed by atoms with van der Waals surface area (Å²) in [6.45, 7) is 1.40. The summed E-state index contributed by atoms with van der Waals surface area (Å²) < 4.78 is 1.58. The van der Waals surface area contributed by atoms with E-state index in [0.29, 0.717) is 6.54 Å². The molecule has 3 nitrogen and oxygen atoms in total. The first-order valence-corrected chi connectivity index (χ1v) is 7.51. The average Bonchev–Trinajstić information content (AvgIpc) is 2.77. The van der Waals surface area contributed by atoms with E-state index in [1.165, 1.54) is 4.88 Å². The standard InChI is InChI=1S/C13H11BrClNO2S/c14-11-5-8(13(17)18)1-2-9(11)6-16-7-10-3-4-12(15)19-10/h1-5,16H,6-7H2,(H,17,18). The molecule has 2 N–H and O–H groups in total. The highest BCUT2D eigenvalue weighted by atomic mass is 79.9. The van der Waals surface area contributed by atoms with Gasteiger partial charge in [0.05, 0.1) is 9.90 Å². The zero-order valence-electron chi connectivity index (χ0n) is 9.82. The summed E-state index contributed by atoms with van der Waals surface area (Å²) >= 11 is 10.8. The maximum absolute atomic E-state index is 10.8. The molecule has 0 bridgehead atoms. The van der Waals surface area contributed by atoms with Crippen LogP contribution in [0.5, 0.6) is 0 Å². The average molecular weight is 361 g/mol. The van der Waals surface area contributed by atoms with Crippen molar-refractivity contribution in [1.82, 2.24) is 5.32 Å². The molecule has 100 valence electrons. The lowest BCUT2D eigenvalue weighted by Crippen LogP contribution is -2.12. The van der Waals surface area contributed by atoms with E-state index in [4.69, 9.17) is 16.7 Å². The Kier molecular flexibility index (Phi) is 4.99. The second kappa shape index (κ2) is 6.52. The third kappa shape index (κ3) is 4.04. The second-order valence-corrected chi connectivity index (χ2v) is 6.57. The number of rotatable bonds is 5. The van der Waals surface area contributed by atoms with Crippen molar-refractivity contribution in [2.45, 2.75) is 13.1 Å². The minimum Gasteiger partial charge on any atom is -0.478 e. The molecule has 0 unspecified atom stereocenters. The Balaban J connectivity index is 1.94. The predicted octanol–water partition coefficient (Wildman–Crippen LogP) is 4.15. The molecule has 0 amide bonds. The van der Waals surface area contributed by atoms with Gasteiger partial charge in [-0.1, -0.05) is 33.6 Å². The molecule has 0 spiro atoms. The number of aromatic carboxylic acids is 1. The molecular weight excluding hydrogens is 350 g/mol. The zero-order chi connectivity index (χ0) is 13.8. The van der Waals surface area contributed by atoms with Crippen LogP contribution in [-0.4, -0.2) is 11.1 Å². The molecule has 1 aromatic heterocycles. The number of carboxylic acids is 1. The van der Waals surface area contributed by atoms with Gasteiger partial charge in [-0.05, 0) is 29.8 Å². The van der Waals surface area contributed by atoms with Gasteiger partial charge < -0.3 is 10.4 Å². The highest BCUT2D eigenvalue weighted by Crippen LogP contribution is 2.22. The van der Waals surface area contributed by atoms with Gasteiger partial charge in [-0.2, -0.15) is 0 Å². The maximum Gasteiger partial charge on any atom is 0.335 e. The normalized spacial score (nSPS) is 10.6. The summed E-state index contributed by atoms with van der Waals surface area (Å²) in [6, 6.07) is 8.89. The number of thiophene rings is 1. The second-order valence-electron chi connectivity index (χ2n) is 3.92. The number of benzene rings is 1. The van der Waals surface area contributed by atoms with E-state index < -0.39 is 5.97 Å². The van der Waals surface area contributed by atoms with Crippen LogP contribution in [0.25, 0.3) is 0 Å². The van der Waals surface area contributed by atoms with Crippen LogP contribution >= 0.6 is 38.9 Å². The van der Waals surface area contributed by atoms with E-state index in [9.17, 15) is 4.79 Å². The van der Waals surface area contributed by atoms with Gasteiger partial charge in [0.1, 0.15) is 0 Å². The quantitative estimate of drug-likeness (QED) is 0.842. The van der Waals surface area contributed by atoms with Crippen LogP contribution < -0.4 is 5.32 Å². The molecule has 0 aliphatic rings. The Bertz CT molecular complexity index is 600. The molecule has 6 heteroatoms. The number of nitrogens with one attached hydrogen (secondary N) is 1. The smallest absolute Gasteiger partial charge is 0.335 e. The Morgan fingerprint density at radius 2 is 2.11 bits per heavy atom. The number of carboxylic acid groups (broad SMARTS) is 1. The Labute approximate surface area is 128 Å². The first kappa shape index (κ1) is 14.5. The topological polar surface area (TPSA) is 49.3 Å². The SMILES string of the molecule is O=C(O)c1ccc(CNCc2ccc(Cl)s2)c(Br)c1. The van der Waals surface area contributed by atoms with E-state index in [2.05, 4.69) is 21.2 Å². The molecule has 0 fully saturated rings. The summed E-state index contributed by atoms with van der Waals surface area (Å²) in [7, 11) is 0. The third-order valence-corrected chi connectivity index (χ3v) is 4.51. The third-order valence-electron chi connectivity index (χ3n) is 2.54. The van der Waals surface area contributed by atoms with Gasteiger partial charge in [-0.3, -0.25) is 0 Å². The molecule has 0 aliphatic carbocycles. The molecule has 0 saturated carbocycles. The number of carbonyl (C=O) groups is 1. The Morgan fingerprint density at radius 3 is 2.68 bits per heavy atom. The van der Waals surface area contributed by atoms with Gasteiger partial charge in [0.15, 0.2) is 0 Å². The van der Waals surface area contributed by atoms with Crippen LogP contribution in [0.2, 0.25) is 4.34 Å². The summed E-state index contributed by atoms with van der Waals surface area (Å²) in [5, 5.41) is 12.2. The van der Waals surface area contributed by atoms with E-state index in [1.54, 1.807) is 23.5 Å². The van der Waals surface area contributed by atoms with Gasteiger partial charge in [0.25, 0.3) is 0 Å². The molecule has 2 rings (SSSR count). The number of hydrogen-bond acceptors (Lipinski definition) is 3. The van der Waals surface area contributed by atoms with Gasteiger partial charge in [-0.15, -0.1) is 11.3 Å². The fourth-order valence-electron chi connectivity index (χ4n) is 1.59. The van der Waals surface area contributed by atoms with Gasteiger partial charge in [0, 0.05) is 22.4 Å². The highest BCUT2D eigenvalue weighted by Gasteiger charge is 2.06. The van der Waals surface area contributed by atoms with Crippen molar-refractivity contribution >= 4 is 44.8 Å². The molecule has 0 saturated heterocycles.